The van der Waals surface area contributed by atoms with Crippen molar-refractivity contribution in [1.29, 1.82) is 0 Å². The lowest BCUT2D eigenvalue weighted by molar-refractivity contribution is -0.160. The van der Waals surface area contributed by atoms with E-state index in [1.54, 1.807) is 0 Å². The van der Waals surface area contributed by atoms with Crippen LogP contribution >= 0.6 is 0 Å². The van der Waals surface area contributed by atoms with Crippen molar-refractivity contribution < 1.29 is 9.53 Å². The third kappa shape index (κ3) is 4.68. The highest BCUT2D eigenvalue weighted by atomic mass is 16.5. The van der Waals surface area contributed by atoms with E-state index in [0.717, 1.165) is 50.6 Å². The van der Waals surface area contributed by atoms with Gasteiger partial charge in [0, 0.05) is 19.6 Å². The van der Waals surface area contributed by atoms with E-state index in [9.17, 15) is 4.79 Å². The molecule has 4 nitrogen and oxygen atoms in total. The molecule has 1 amide bonds. The summed E-state index contributed by atoms with van der Waals surface area (Å²) in [5.74, 6) is 1.57. The molecule has 1 unspecified atom stereocenters. The van der Waals surface area contributed by atoms with E-state index >= 15 is 0 Å². The van der Waals surface area contributed by atoms with Gasteiger partial charge in [0.1, 0.15) is 6.10 Å². The van der Waals surface area contributed by atoms with Crippen molar-refractivity contribution in [3.8, 4) is 0 Å². The Morgan fingerprint density at radius 1 is 1.24 bits per heavy atom. The third-order valence-corrected chi connectivity index (χ3v) is 5.11. The number of carbonyl (C=O) groups is 1. The number of nitrogens with two attached hydrogens (primary N) is 1. The lowest BCUT2D eigenvalue weighted by Gasteiger charge is -2.42. The molecule has 21 heavy (non-hydrogen) atoms. The largest absolute Gasteiger partial charge is 0.361 e. The van der Waals surface area contributed by atoms with Gasteiger partial charge in [0.25, 0.3) is 5.91 Å². The topological polar surface area (TPSA) is 55.6 Å². The summed E-state index contributed by atoms with van der Waals surface area (Å²) in [5, 5.41) is 0. The Kier molecular flexibility index (Phi) is 7.14. The Labute approximate surface area is 130 Å². The van der Waals surface area contributed by atoms with Crippen LogP contribution in [0.25, 0.3) is 0 Å². The summed E-state index contributed by atoms with van der Waals surface area (Å²) in [4.78, 5) is 14.2. The van der Waals surface area contributed by atoms with Crippen LogP contribution in [0.2, 0.25) is 0 Å². The second-order valence-electron chi connectivity index (χ2n) is 6.74. The van der Waals surface area contributed by atoms with Gasteiger partial charge in [-0.15, -0.1) is 0 Å². The fourth-order valence-corrected chi connectivity index (χ4v) is 3.42. The van der Waals surface area contributed by atoms with Gasteiger partial charge in [0.2, 0.25) is 0 Å². The average Bonchev–Trinajstić information content (AvgIpc) is 2.48. The molecule has 0 spiro atoms. The number of likely N-dealkylation sites (N-methyl/N-ethyl adjacent to an activating group) is 1. The first-order chi connectivity index (χ1) is 9.89. The summed E-state index contributed by atoms with van der Waals surface area (Å²) < 4.78 is 6.19. The lowest BCUT2D eigenvalue weighted by Crippen LogP contribution is -2.50. The van der Waals surface area contributed by atoms with Gasteiger partial charge in [0.15, 0.2) is 0 Å². The fourth-order valence-electron chi connectivity index (χ4n) is 3.42. The van der Waals surface area contributed by atoms with Crippen molar-refractivity contribution in [2.24, 2.45) is 17.6 Å². The van der Waals surface area contributed by atoms with Crippen molar-refractivity contribution in [3.05, 3.63) is 0 Å². The molecule has 0 aromatic rings. The first-order valence-electron chi connectivity index (χ1n) is 8.55. The molecule has 1 saturated carbocycles. The number of hydrogen-bond acceptors (Lipinski definition) is 3. The number of amides is 1. The van der Waals surface area contributed by atoms with Crippen LogP contribution in [0.4, 0.5) is 0 Å². The molecule has 0 aromatic carbocycles. The quantitative estimate of drug-likeness (QED) is 0.786. The Hall–Kier alpha value is -0.610. The first-order valence-corrected chi connectivity index (χ1v) is 8.55. The van der Waals surface area contributed by atoms with Crippen molar-refractivity contribution in [3.63, 3.8) is 0 Å². The van der Waals surface area contributed by atoms with Crippen molar-refractivity contribution in [1.82, 2.24) is 4.90 Å². The average molecular weight is 298 g/mol. The molecule has 124 valence electrons. The standard InChI is InChI=1S/C17H34N2O2/c1-6-19(7-2)16(20)14(5)21-17(12-18)10-8-15(9-11-17)13(3)4/h13-15H,6-12,18H2,1-5H3. The molecule has 1 atom stereocenters. The molecule has 0 aromatic heterocycles. The fraction of sp³-hybridized carbons (Fsp3) is 0.941. The SMILES string of the molecule is CCN(CC)C(=O)C(C)OC1(CN)CCC(C(C)C)CC1. The molecule has 4 heteroatoms. The minimum Gasteiger partial charge on any atom is -0.361 e. The molecule has 0 bridgehead atoms. The van der Waals surface area contributed by atoms with Gasteiger partial charge >= 0.3 is 0 Å². The Bertz CT molecular complexity index is 319. The van der Waals surface area contributed by atoms with Gasteiger partial charge in [-0.1, -0.05) is 13.8 Å². The summed E-state index contributed by atoms with van der Waals surface area (Å²) in [6.07, 6.45) is 3.86. The summed E-state index contributed by atoms with van der Waals surface area (Å²) in [6, 6.07) is 0. The monoisotopic (exact) mass is 298 g/mol. The van der Waals surface area contributed by atoms with Crippen LogP contribution in [0.15, 0.2) is 0 Å². The van der Waals surface area contributed by atoms with Crippen LogP contribution in [-0.4, -0.2) is 42.1 Å². The van der Waals surface area contributed by atoms with Crippen molar-refractivity contribution in [2.45, 2.75) is 72.0 Å². The molecule has 0 radical (unpaired) electrons. The molecule has 1 aliphatic rings. The van der Waals surface area contributed by atoms with E-state index in [4.69, 9.17) is 10.5 Å². The van der Waals surface area contributed by atoms with Crippen LogP contribution in [-0.2, 0) is 9.53 Å². The van der Waals surface area contributed by atoms with Gasteiger partial charge in [-0.2, -0.15) is 0 Å². The van der Waals surface area contributed by atoms with E-state index in [-0.39, 0.29) is 11.5 Å². The number of carbonyl (C=O) groups excluding carboxylic acids is 1. The maximum Gasteiger partial charge on any atom is 0.251 e. The number of nitrogens with zero attached hydrogens (tertiary/aromatic N) is 1. The molecule has 1 fully saturated rings. The van der Waals surface area contributed by atoms with Gasteiger partial charge in [-0.05, 0) is 58.3 Å². The predicted molar refractivity (Wildman–Crippen MR) is 87.1 cm³/mol. The lowest BCUT2D eigenvalue weighted by atomic mass is 9.74. The molecular weight excluding hydrogens is 264 g/mol. The van der Waals surface area contributed by atoms with E-state index < -0.39 is 6.10 Å². The Morgan fingerprint density at radius 3 is 2.14 bits per heavy atom. The number of rotatable bonds is 7. The molecule has 1 rings (SSSR count). The van der Waals surface area contributed by atoms with Crippen LogP contribution in [0.1, 0.15) is 60.3 Å². The highest BCUT2D eigenvalue weighted by molar-refractivity contribution is 5.80. The van der Waals surface area contributed by atoms with Gasteiger partial charge < -0.3 is 15.4 Å². The molecule has 2 N–H and O–H groups in total. The van der Waals surface area contributed by atoms with E-state index in [1.165, 1.54) is 0 Å². The van der Waals surface area contributed by atoms with Crippen LogP contribution < -0.4 is 5.73 Å². The molecule has 0 heterocycles. The summed E-state index contributed by atoms with van der Waals surface area (Å²) in [5.41, 5.74) is 5.70. The Balaban J connectivity index is 2.63. The molecule has 1 aliphatic carbocycles. The van der Waals surface area contributed by atoms with E-state index in [2.05, 4.69) is 13.8 Å². The zero-order chi connectivity index (χ0) is 16.0. The van der Waals surface area contributed by atoms with Crippen molar-refractivity contribution in [2.75, 3.05) is 19.6 Å². The zero-order valence-corrected chi connectivity index (χ0v) is 14.5. The summed E-state index contributed by atoms with van der Waals surface area (Å²) in [7, 11) is 0. The van der Waals surface area contributed by atoms with Crippen LogP contribution in [0, 0.1) is 11.8 Å². The molecular formula is C17H34N2O2. The van der Waals surface area contributed by atoms with Crippen LogP contribution in [0.5, 0.6) is 0 Å². The zero-order valence-electron chi connectivity index (χ0n) is 14.5. The van der Waals surface area contributed by atoms with E-state index in [1.807, 2.05) is 25.7 Å². The minimum absolute atomic E-state index is 0.0822. The van der Waals surface area contributed by atoms with Crippen LogP contribution in [0.3, 0.4) is 0 Å². The number of hydrogen-bond donors (Lipinski definition) is 1. The number of ether oxygens (including phenoxy) is 1. The van der Waals surface area contributed by atoms with E-state index in [0.29, 0.717) is 6.54 Å². The van der Waals surface area contributed by atoms with Gasteiger partial charge in [-0.3, -0.25) is 4.79 Å². The normalized spacial score (nSPS) is 27.7. The Morgan fingerprint density at radius 2 is 1.76 bits per heavy atom. The third-order valence-electron chi connectivity index (χ3n) is 5.11. The predicted octanol–water partition coefficient (Wildman–Crippen LogP) is 2.80. The second-order valence-corrected chi connectivity index (χ2v) is 6.74. The second kappa shape index (κ2) is 8.14. The van der Waals surface area contributed by atoms with Gasteiger partial charge in [0.05, 0.1) is 5.60 Å². The minimum atomic E-state index is -0.399. The molecule has 0 aliphatic heterocycles. The van der Waals surface area contributed by atoms with Crippen molar-refractivity contribution >= 4 is 5.91 Å². The highest BCUT2D eigenvalue weighted by Gasteiger charge is 2.38. The molecule has 0 saturated heterocycles. The maximum absolute atomic E-state index is 12.4. The maximum atomic E-state index is 12.4. The first kappa shape index (κ1) is 18.4. The summed E-state index contributed by atoms with van der Waals surface area (Å²) in [6.45, 7) is 12.4. The summed E-state index contributed by atoms with van der Waals surface area (Å²) >= 11 is 0. The smallest absolute Gasteiger partial charge is 0.251 e. The highest BCUT2D eigenvalue weighted by Crippen LogP contribution is 2.38. The van der Waals surface area contributed by atoms with Gasteiger partial charge in [-0.25, -0.2) is 0 Å².